The summed E-state index contributed by atoms with van der Waals surface area (Å²) in [5, 5.41) is 0. The molecule has 10 heteroatoms. The number of carbonyl (C=O) groups excluding carboxylic acids is 1. The van der Waals surface area contributed by atoms with E-state index in [1.807, 2.05) is 0 Å². The van der Waals surface area contributed by atoms with Crippen LogP contribution in [0.5, 0.6) is 5.75 Å². The van der Waals surface area contributed by atoms with Crippen molar-refractivity contribution < 1.29 is 27.1 Å². The lowest BCUT2D eigenvalue weighted by molar-refractivity contribution is -0.138. The third kappa shape index (κ3) is 3.92. The Morgan fingerprint density at radius 1 is 0.939 bits per heavy atom. The summed E-state index contributed by atoms with van der Waals surface area (Å²) in [6, 6.07) is 8.54. The highest BCUT2D eigenvalue weighted by atomic mass is 19.4. The highest BCUT2D eigenvalue weighted by Gasteiger charge is 2.40. The number of aromatic amines is 1. The average molecular weight is 461 g/mol. The van der Waals surface area contributed by atoms with Crippen LogP contribution in [0.4, 0.5) is 34.6 Å². The number of amides is 1. The van der Waals surface area contributed by atoms with Crippen LogP contribution >= 0.6 is 0 Å². The number of ether oxygens (including phenoxy) is 1. The van der Waals surface area contributed by atoms with E-state index < -0.39 is 29.2 Å². The normalized spacial score (nSPS) is 13.8. The van der Waals surface area contributed by atoms with Gasteiger partial charge < -0.3 is 14.6 Å². The molecule has 0 spiro atoms. The Bertz CT molecular complexity index is 1320. The number of pyridine rings is 1. The molecule has 6 nitrogen and oxygen atoms in total. The van der Waals surface area contributed by atoms with Crippen LogP contribution in [0.2, 0.25) is 0 Å². The Balaban J connectivity index is 1.98. The zero-order chi connectivity index (χ0) is 24.1. The molecule has 3 aromatic rings. The van der Waals surface area contributed by atoms with Crippen molar-refractivity contribution in [2.45, 2.75) is 20.0 Å². The van der Waals surface area contributed by atoms with Gasteiger partial charge in [-0.2, -0.15) is 13.2 Å². The minimum atomic E-state index is -4.72. The van der Waals surface area contributed by atoms with E-state index in [4.69, 9.17) is 4.74 Å². The first-order valence-corrected chi connectivity index (χ1v) is 9.86. The number of methoxy groups -OCH3 is 1. The van der Waals surface area contributed by atoms with Gasteiger partial charge in [0.15, 0.2) is 0 Å². The first kappa shape index (κ1) is 22.4. The summed E-state index contributed by atoms with van der Waals surface area (Å²) in [6.45, 7) is 3.08. The largest absolute Gasteiger partial charge is 0.496 e. The molecule has 1 N–H and O–H groups in total. The second kappa shape index (κ2) is 7.95. The smallest absolute Gasteiger partial charge is 0.420 e. The molecule has 1 aromatic heterocycles. The number of benzene rings is 2. The van der Waals surface area contributed by atoms with Crippen molar-refractivity contribution in [2.24, 2.45) is 0 Å². The van der Waals surface area contributed by atoms with Crippen molar-refractivity contribution in [1.82, 2.24) is 4.98 Å². The molecular formula is C23H19F4N3O3. The van der Waals surface area contributed by atoms with Crippen molar-refractivity contribution >= 4 is 23.0 Å². The number of H-pyrrole nitrogens is 1. The van der Waals surface area contributed by atoms with Crippen molar-refractivity contribution in [3.8, 4) is 5.75 Å². The van der Waals surface area contributed by atoms with Crippen LogP contribution in [-0.2, 0) is 6.18 Å². The minimum absolute atomic E-state index is 0.0150. The summed E-state index contributed by atoms with van der Waals surface area (Å²) in [7, 11) is 1.09. The Hall–Kier alpha value is -3.82. The van der Waals surface area contributed by atoms with Gasteiger partial charge in [0, 0.05) is 17.4 Å². The van der Waals surface area contributed by atoms with Crippen LogP contribution in [0.1, 0.15) is 27.2 Å². The van der Waals surface area contributed by atoms with Crippen LogP contribution < -0.4 is 20.1 Å². The van der Waals surface area contributed by atoms with Gasteiger partial charge in [0.1, 0.15) is 18.2 Å². The Morgan fingerprint density at radius 3 is 2.24 bits per heavy atom. The number of carbonyl (C=O) groups is 1. The number of anilines is 3. The fourth-order valence-corrected chi connectivity index (χ4v) is 3.96. The molecule has 4 rings (SSSR count). The minimum Gasteiger partial charge on any atom is -0.496 e. The number of alkyl halides is 3. The van der Waals surface area contributed by atoms with Gasteiger partial charge in [0.25, 0.3) is 5.91 Å². The van der Waals surface area contributed by atoms with Crippen LogP contribution in [0.15, 0.2) is 47.3 Å². The van der Waals surface area contributed by atoms with Crippen molar-refractivity contribution in [3.05, 3.63) is 81.0 Å². The maximum atomic E-state index is 13.7. The molecule has 0 fully saturated rings. The lowest BCUT2D eigenvalue weighted by Crippen LogP contribution is -2.46. The molecule has 0 unspecified atom stereocenters. The van der Waals surface area contributed by atoms with Gasteiger partial charge in [-0.3, -0.25) is 14.5 Å². The molecule has 0 bridgehead atoms. The SMILES string of the molecule is COc1cc2c(cc1C(F)(F)F)N(c1ccc(F)cc1C)CN(c1ccc(=O)[nH]c1C)C2=O. The first-order chi connectivity index (χ1) is 15.5. The molecule has 0 atom stereocenters. The second-order valence-electron chi connectivity index (χ2n) is 7.63. The third-order valence-corrected chi connectivity index (χ3v) is 5.50. The molecule has 1 aliphatic heterocycles. The molecule has 1 aliphatic rings. The summed E-state index contributed by atoms with van der Waals surface area (Å²) in [4.78, 5) is 30.5. The summed E-state index contributed by atoms with van der Waals surface area (Å²) in [5.74, 6) is -1.56. The molecule has 172 valence electrons. The predicted octanol–water partition coefficient (Wildman–Crippen LogP) is 4.91. The van der Waals surface area contributed by atoms with E-state index in [2.05, 4.69) is 4.98 Å². The van der Waals surface area contributed by atoms with Crippen molar-refractivity contribution in [3.63, 3.8) is 0 Å². The molecule has 2 aromatic carbocycles. The molecule has 0 saturated heterocycles. The number of rotatable bonds is 3. The van der Waals surface area contributed by atoms with E-state index in [-0.39, 0.29) is 23.5 Å². The van der Waals surface area contributed by atoms with Gasteiger partial charge in [0.05, 0.1) is 29.6 Å². The molecule has 33 heavy (non-hydrogen) atoms. The van der Waals surface area contributed by atoms with Gasteiger partial charge in [0.2, 0.25) is 5.56 Å². The zero-order valence-corrected chi connectivity index (χ0v) is 17.9. The Labute approximate surface area is 186 Å². The summed E-state index contributed by atoms with van der Waals surface area (Å²) >= 11 is 0. The van der Waals surface area contributed by atoms with Gasteiger partial charge in [-0.25, -0.2) is 4.39 Å². The standard InChI is InChI=1S/C23H19F4N3O3/c1-12-8-14(24)4-5-17(12)29-11-30(18-6-7-21(31)28-13(18)2)22(32)15-9-20(33-3)16(10-19(15)29)23(25,26)27/h4-10H,11H2,1-3H3,(H,28,31). The lowest BCUT2D eigenvalue weighted by atomic mass is 10.0. The van der Waals surface area contributed by atoms with Gasteiger partial charge in [-0.15, -0.1) is 0 Å². The van der Waals surface area contributed by atoms with Crippen LogP contribution in [0.3, 0.4) is 0 Å². The van der Waals surface area contributed by atoms with Crippen LogP contribution in [0.25, 0.3) is 0 Å². The average Bonchev–Trinajstić information content (AvgIpc) is 2.74. The molecule has 0 radical (unpaired) electrons. The Morgan fingerprint density at radius 2 is 1.64 bits per heavy atom. The van der Waals surface area contributed by atoms with Crippen LogP contribution in [-0.4, -0.2) is 24.7 Å². The molecule has 1 amide bonds. The number of aromatic nitrogens is 1. The number of hydrogen-bond acceptors (Lipinski definition) is 4. The summed E-state index contributed by atoms with van der Waals surface area (Å²) in [6.07, 6.45) is -4.72. The van der Waals surface area contributed by atoms with Gasteiger partial charge >= 0.3 is 6.18 Å². The molecular weight excluding hydrogens is 442 g/mol. The predicted molar refractivity (Wildman–Crippen MR) is 115 cm³/mol. The number of aryl methyl sites for hydroxylation is 2. The lowest BCUT2D eigenvalue weighted by Gasteiger charge is -2.39. The molecule has 0 aliphatic carbocycles. The second-order valence-corrected chi connectivity index (χ2v) is 7.63. The fraction of sp³-hybridized carbons (Fsp3) is 0.217. The Kier molecular flexibility index (Phi) is 5.39. The van der Waals surface area contributed by atoms with Gasteiger partial charge in [-0.1, -0.05) is 0 Å². The van der Waals surface area contributed by atoms with Gasteiger partial charge in [-0.05, 0) is 55.8 Å². The van der Waals surface area contributed by atoms with E-state index in [1.165, 1.54) is 40.1 Å². The van der Waals surface area contributed by atoms with Crippen LogP contribution in [0, 0.1) is 19.7 Å². The maximum Gasteiger partial charge on any atom is 0.420 e. The van der Waals surface area contributed by atoms with E-state index in [0.29, 0.717) is 22.6 Å². The quantitative estimate of drug-likeness (QED) is 0.563. The highest BCUT2D eigenvalue weighted by Crippen LogP contribution is 2.44. The molecule has 0 saturated carbocycles. The monoisotopic (exact) mass is 461 g/mol. The first-order valence-electron chi connectivity index (χ1n) is 9.86. The number of hydrogen-bond donors (Lipinski definition) is 1. The maximum absolute atomic E-state index is 13.7. The number of nitrogens with zero attached hydrogens (tertiary/aromatic N) is 2. The number of fused-ring (bicyclic) bond motifs is 1. The van der Waals surface area contributed by atoms with E-state index in [9.17, 15) is 27.2 Å². The third-order valence-electron chi connectivity index (χ3n) is 5.50. The number of nitrogens with one attached hydrogen (secondary N) is 1. The topological polar surface area (TPSA) is 65.6 Å². The van der Waals surface area contributed by atoms with E-state index >= 15 is 0 Å². The van der Waals surface area contributed by atoms with Crippen molar-refractivity contribution in [2.75, 3.05) is 23.6 Å². The number of halogens is 4. The molecule has 2 heterocycles. The zero-order valence-electron chi connectivity index (χ0n) is 17.9. The van der Waals surface area contributed by atoms with E-state index in [0.717, 1.165) is 19.2 Å². The van der Waals surface area contributed by atoms with Crippen molar-refractivity contribution in [1.29, 1.82) is 0 Å². The van der Waals surface area contributed by atoms with E-state index in [1.54, 1.807) is 13.8 Å². The summed E-state index contributed by atoms with van der Waals surface area (Å²) < 4.78 is 59.8. The summed E-state index contributed by atoms with van der Waals surface area (Å²) in [5.41, 5.74) is 0.288. The fourth-order valence-electron chi connectivity index (χ4n) is 3.96. The highest BCUT2D eigenvalue weighted by molar-refractivity contribution is 6.13.